The van der Waals surface area contributed by atoms with Crippen LogP contribution in [0, 0.1) is 0 Å². The third-order valence-corrected chi connectivity index (χ3v) is 3.87. The lowest BCUT2D eigenvalue weighted by Gasteiger charge is -2.29. The monoisotopic (exact) mass is 239 g/mol. The van der Waals surface area contributed by atoms with Crippen molar-refractivity contribution in [2.24, 2.45) is 0 Å². The molecule has 0 aliphatic heterocycles. The highest BCUT2D eigenvalue weighted by molar-refractivity contribution is 6.12. The van der Waals surface area contributed by atoms with Crippen LogP contribution in [0.15, 0.2) is 36.4 Å². The molecule has 0 fully saturated rings. The van der Waals surface area contributed by atoms with Gasteiger partial charge in [0.2, 0.25) is 0 Å². The number of carbonyl (C=O) groups is 1. The van der Waals surface area contributed by atoms with Crippen molar-refractivity contribution in [2.75, 3.05) is 14.1 Å². The first kappa shape index (κ1) is 11.4. The predicted octanol–water partition coefficient (Wildman–Crippen LogP) is 2.90. The summed E-state index contributed by atoms with van der Waals surface area (Å²) in [5.41, 5.74) is 2.15. The minimum Gasteiger partial charge on any atom is -0.299 e. The standard InChI is InChI=1S/C16H17NO/c1-17(2)14-10-9-12-8-7-11-5-3-4-6-13(11)15(12)16(14)18/h3-8,14H,9-10H2,1-2H3/t14-/m0/s1. The lowest BCUT2D eigenvalue weighted by Crippen LogP contribution is -2.39. The van der Waals surface area contributed by atoms with Crippen LogP contribution in [0.4, 0.5) is 0 Å². The van der Waals surface area contributed by atoms with Crippen LogP contribution in [0.3, 0.4) is 0 Å². The quantitative estimate of drug-likeness (QED) is 0.762. The molecule has 2 aromatic carbocycles. The van der Waals surface area contributed by atoms with E-state index in [1.165, 1.54) is 5.56 Å². The van der Waals surface area contributed by atoms with Crippen molar-refractivity contribution in [1.29, 1.82) is 0 Å². The molecule has 0 unspecified atom stereocenters. The fourth-order valence-corrected chi connectivity index (χ4v) is 2.90. The summed E-state index contributed by atoms with van der Waals surface area (Å²) in [5.74, 6) is 0.276. The average molecular weight is 239 g/mol. The van der Waals surface area contributed by atoms with Gasteiger partial charge in [0.25, 0.3) is 0 Å². The van der Waals surface area contributed by atoms with Crippen molar-refractivity contribution in [1.82, 2.24) is 4.90 Å². The van der Waals surface area contributed by atoms with Crippen LogP contribution in [0.25, 0.3) is 10.8 Å². The Morgan fingerprint density at radius 2 is 1.89 bits per heavy atom. The van der Waals surface area contributed by atoms with E-state index in [1.807, 2.05) is 31.1 Å². The number of hydrogen-bond donors (Lipinski definition) is 0. The Kier molecular flexibility index (Phi) is 2.67. The molecule has 2 heteroatoms. The van der Waals surface area contributed by atoms with Crippen LogP contribution in [0.5, 0.6) is 0 Å². The summed E-state index contributed by atoms with van der Waals surface area (Å²) in [7, 11) is 3.97. The molecule has 0 heterocycles. The first-order valence-electron chi connectivity index (χ1n) is 6.40. The molecule has 0 bridgehead atoms. The number of benzene rings is 2. The van der Waals surface area contributed by atoms with E-state index in [9.17, 15) is 4.79 Å². The highest BCUT2D eigenvalue weighted by atomic mass is 16.1. The molecular weight excluding hydrogens is 222 g/mol. The number of ketones is 1. The van der Waals surface area contributed by atoms with Crippen molar-refractivity contribution in [3.05, 3.63) is 47.5 Å². The Morgan fingerprint density at radius 3 is 2.67 bits per heavy atom. The molecule has 3 rings (SSSR count). The number of Topliss-reactive ketones (excluding diaryl/α,β-unsaturated/α-hetero) is 1. The van der Waals surface area contributed by atoms with Crippen LogP contribution in [-0.4, -0.2) is 30.8 Å². The molecule has 0 aromatic heterocycles. The topological polar surface area (TPSA) is 20.3 Å². The summed E-state index contributed by atoms with van der Waals surface area (Å²) in [6.07, 6.45) is 1.92. The van der Waals surface area contributed by atoms with Crippen LogP contribution < -0.4 is 0 Å². The van der Waals surface area contributed by atoms with Gasteiger partial charge in [0, 0.05) is 5.56 Å². The number of hydrogen-bond acceptors (Lipinski definition) is 2. The Balaban J connectivity index is 2.23. The number of aryl methyl sites for hydroxylation is 1. The highest BCUT2D eigenvalue weighted by Crippen LogP contribution is 2.30. The van der Waals surface area contributed by atoms with Gasteiger partial charge in [-0.25, -0.2) is 0 Å². The molecule has 0 amide bonds. The van der Waals surface area contributed by atoms with Gasteiger partial charge in [-0.05, 0) is 43.3 Å². The number of carbonyl (C=O) groups excluding carboxylic acids is 1. The van der Waals surface area contributed by atoms with Gasteiger partial charge in [-0.2, -0.15) is 0 Å². The zero-order valence-electron chi connectivity index (χ0n) is 10.8. The molecule has 2 aromatic rings. The van der Waals surface area contributed by atoms with E-state index in [2.05, 4.69) is 24.3 Å². The predicted molar refractivity (Wildman–Crippen MR) is 74.1 cm³/mol. The lowest BCUT2D eigenvalue weighted by atomic mass is 9.83. The molecule has 0 saturated carbocycles. The van der Waals surface area contributed by atoms with E-state index < -0.39 is 0 Å². The van der Waals surface area contributed by atoms with Gasteiger partial charge >= 0.3 is 0 Å². The largest absolute Gasteiger partial charge is 0.299 e. The number of rotatable bonds is 1. The highest BCUT2D eigenvalue weighted by Gasteiger charge is 2.29. The van der Waals surface area contributed by atoms with Gasteiger partial charge in [0.15, 0.2) is 5.78 Å². The minimum absolute atomic E-state index is 0.0308. The first-order valence-corrected chi connectivity index (χ1v) is 6.40. The Labute approximate surface area is 107 Å². The van der Waals surface area contributed by atoms with Crippen LogP contribution in [0.1, 0.15) is 22.3 Å². The zero-order valence-corrected chi connectivity index (χ0v) is 10.8. The summed E-state index contributed by atoms with van der Waals surface area (Å²) in [6.45, 7) is 0. The minimum atomic E-state index is 0.0308. The summed E-state index contributed by atoms with van der Waals surface area (Å²) in [5, 5.41) is 2.26. The van der Waals surface area contributed by atoms with Crippen molar-refractivity contribution in [3.8, 4) is 0 Å². The van der Waals surface area contributed by atoms with Gasteiger partial charge in [-0.15, -0.1) is 0 Å². The normalized spacial score (nSPS) is 19.3. The van der Waals surface area contributed by atoms with Gasteiger partial charge in [-0.1, -0.05) is 36.4 Å². The number of fused-ring (bicyclic) bond motifs is 3. The van der Waals surface area contributed by atoms with E-state index in [4.69, 9.17) is 0 Å². The van der Waals surface area contributed by atoms with Crippen molar-refractivity contribution in [2.45, 2.75) is 18.9 Å². The van der Waals surface area contributed by atoms with Gasteiger partial charge in [0.05, 0.1) is 6.04 Å². The molecular formula is C16H17NO. The molecule has 1 aliphatic carbocycles. The molecule has 1 atom stereocenters. The maximum absolute atomic E-state index is 12.6. The van der Waals surface area contributed by atoms with Crippen LogP contribution in [0.2, 0.25) is 0 Å². The summed E-state index contributed by atoms with van der Waals surface area (Å²) >= 11 is 0. The van der Waals surface area contributed by atoms with E-state index in [-0.39, 0.29) is 11.8 Å². The molecule has 1 aliphatic rings. The third-order valence-electron chi connectivity index (χ3n) is 3.87. The maximum Gasteiger partial charge on any atom is 0.180 e. The zero-order chi connectivity index (χ0) is 12.7. The van der Waals surface area contributed by atoms with Crippen molar-refractivity contribution in [3.63, 3.8) is 0 Å². The molecule has 92 valence electrons. The Bertz CT molecular complexity index is 616. The maximum atomic E-state index is 12.6. The molecule has 2 nitrogen and oxygen atoms in total. The van der Waals surface area contributed by atoms with E-state index >= 15 is 0 Å². The molecule has 0 N–H and O–H groups in total. The van der Waals surface area contributed by atoms with Crippen molar-refractivity contribution < 1.29 is 4.79 Å². The van der Waals surface area contributed by atoms with E-state index in [0.29, 0.717) is 0 Å². The molecule has 0 spiro atoms. The Morgan fingerprint density at radius 1 is 1.11 bits per heavy atom. The number of likely N-dealkylation sites (N-methyl/N-ethyl adjacent to an activating group) is 1. The fraction of sp³-hybridized carbons (Fsp3) is 0.312. The second-order valence-electron chi connectivity index (χ2n) is 5.20. The SMILES string of the molecule is CN(C)[C@H]1CCc2ccc3ccccc3c2C1=O. The Hall–Kier alpha value is -1.67. The van der Waals surface area contributed by atoms with Gasteiger partial charge in [-0.3, -0.25) is 9.69 Å². The van der Waals surface area contributed by atoms with Crippen molar-refractivity contribution >= 4 is 16.6 Å². The molecule has 0 saturated heterocycles. The number of nitrogens with zero attached hydrogens (tertiary/aromatic N) is 1. The summed E-state index contributed by atoms with van der Waals surface area (Å²) in [6, 6.07) is 12.4. The average Bonchev–Trinajstić information content (AvgIpc) is 2.38. The molecule has 0 radical (unpaired) electrons. The second kappa shape index (κ2) is 4.21. The summed E-state index contributed by atoms with van der Waals surface area (Å²) < 4.78 is 0. The van der Waals surface area contributed by atoms with Crippen LogP contribution >= 0.6 is 0 Å². The smallest absolute Gasteiger partial charge is 0.180 e. The fourth-order valence-electron chi connectivity index (χ4n) is 2.90. The lowest BCUT2D eigenvalue weighted by molar-refractivity contribution is 0.0855. The second-order valence-corrected chi connectivity index (χ2v) is 5.20. The van der Waals surface area contributed by atoms with Gasteiger partial charge < -0.3 is 0 Å². The molecule has 18 heavy (non-hydrogen) atoms. The van der Waals surface area contributed by atoms with E-state index in [1.54, 1.807) is 0 Å². The summed E-state index contributed by atoms with van der Waals surface area (Å²) in [4.78, 5) is 14.7. The van der Waals surface area contributed by atoms with Gasteiger partial charge in [0.1, 0.15) is 0 Å². The van der Waals surface area contributed by atoms with Crippen LogP contribution in [-0.2, 0) is 6.42 Å². The third kappa shape index (κ3) is 1.65. The first-order chi connectivity index (χ1) is 8.68. The van der Waals surface area contributed by atoms with E-state index in [0.717, 1.165) is 29.2 Å².